The van der Waals surface area contributed by atoms with Crippen molar-refractivity contribution in [1.29, 1.82) is 5.26 Å². The van der Waals surface area contributed by atoms with Gasteiger partial charge in [-0.15, -0.1) is 0 Å². The third-order valence-corrected chi connectivity index (χ3v) is 5.75. The third-order valence-electron chi connectivity index (χ3n) is 4.48. The summed E-state index contributed by atoms with van der Waals surface area (Å²) in [5, 5.41) is 11.7. The molecular formula is C21H18FN3O2S. The molecule has 0 bridgehead atoms. The number of carbonyl (C=O) groups is 2. The standard InChI is InChI=1S/C21H18FN3O2S/c1-13-5-3-4-6-14(13)11-18-20(27)25(16-9-7-15(22)8-10-16)21(28-18)17(12-23)19(26)24-2/h3-10,18H,11H2,1-2H3,(H,24,26)/b21-17-/t18-/m1/s1. The van der Waals surface area contributed by atoms with Gasteiger partial charge in [-0.25, -0.2) is 4.39 Å². The van der Waals surface area contributed by atoms with Crippen molar-refractivity contribution >= 4 is 29.3 Å². The molecule has 0 aromatic heterocycles. The average Bonchev–Trinajstić information content (AvgIpc) is 3.01. The quantitative estimate of drug-likeness (QED) is 0.637. The van der Waals surface area contributed by atoms with Crippen molar-refractivity contribution in [3.8, 4) is 6.07 Å². The Morgan fingerprint density at radius 1 is 1.25 bits per heavy atom. The molecule has 0 aliphatic carbocycles. The first-order valence-electron chi connectivity index (χ1n) is 8.63. The molecule has 3 rings (SSSR count). The number of hydrogen-bond acceptors (Lipinski definition) is 4. The number of thioether (sulfide) groups is 1. The average molecular weight is 395 g/mol. The zero-order valence-electron chi connectivity index (χ0n) is 15.4. The van der Waals surface area contributed by atoms with Crippen LogP contribution in [-0.4, -0.2) is 24.1 Å². The second-order valence-corrected chi connectivity index (χ2v) is 7.45. The minimum absolute atomic E-state index is 0.141. The Bertz CT molecular complexity index is 995. The monoisotopic (exact) mass is 395 g/mol. The summed E-state index contributed by atoms with van der Waals surface area (Å²) in [6.07, 6.45) is 0.462. The van der Waals surface area contributed by atoms with E-state index in [2.05, 4.69) is 5.32 Å². The number of hydrogen-bond donors (Lipinski definition) is 1. The number of aryl methyl sites for hydroxylation is 1. The zero-order valence-corrected chi connectivity index (χ0v) is 16.2. The minimum atomic E-state index is -0.568. The molecule has 0 radical (unpaired) electrons. The van der Waals surface area contributed by atoms with Gasteiger partial charge in [0.05, 0.1) is 5.25 Å². The van der Waals surface area contributed by atoms with E-state index in [-0.39, 0.29) is 16.5 Å². The number of amides is 2. The van der Waals surface area contributed by atoms with E-state index in [0.717, 1.165) is 11.1 Å². The van der Waals surface area contributed by atoms with Gasteiger partial charge in [0.1, 0.15) is 22.5 Å². The summed E-state index contributed by atoms with van der Waals surface area (Å²) in [4.78, 5) is 26.7. The molecule has 1 saturated heterocycles. The van der Waals surface area contributed by atoms with E-state index < -0.39 is 17.0 Å². The maximum absolute atomic E-state index is 13.3. The van der Waals surface area contributed by atoms with Gasteiger partial charge in [-0.1, -0.05) is 36.0 Å². The molecule has 2 aromatic rings. The molecule has 1 aliphatic rings. The number of likely N-dealkylation sites (N-methyl/N-ethyl adjacent to an activating group) is 1. The molecule has 2 amide bonds. The largest absolute Gasteiger partial charge is 0.354 e. The van der Waals surface area contributed by atoms with Crippen molar-refractivity contribution in [2.24, 2.45) is 0 Å². The molecular weight excluding hydrogens is 377 g/mol. The topological polar surface area (TPSA) is 73.2 Å². The Labute approximate surface area is 166 Å². The first-order valence-corrected chi connectivity index (χ1v) is 9.51. The molecule has 28 heavy (non-hydrogen) atoms. The second-order valence-electron chi connectivity index (χ2n) is 6.26. The van der Waals surface area contributed by atoms with Crippen LogP contribution in [0.15, 0.2) is 59.1 Å². The van der Waals surface area contributed by atoms with Crippen molar-refractivity contribution in [2.45, 2.75) is 18.6 Å². The van der Waals surface area contributed by atoms with Gasteiger partial charge in [0, 0.05) is 12.7 Å². The summed E-state index contributed by atoms with van der Waals surface area (Å²) >= 11 is 1.18. The Morgan fingerprint density at radius 3 is 2.54 bits per heavy atom. The molecule has 1 atom stereocenters. The normalized spacial score (nSPS) is 18.0. The predicted octanol–water partition coefficient (Wildman–Crippen LogP) is 3.31. The second kappa shape index (κ2) is 8.28. The van der Waals surface area contributed by atoms with E-state index in [1.807, 2.05) is 37.3 Å². The summed E-state index contributed by atoms with van der Waals surface area (Å²) in [5.41, 5.74) is 2.36. The van der Waals surface area contributed by atoms with Crippen LogP contribution >= 0.6 is 11.8 Å². The molecule has 142 valence electrons. The minimum Gasteiger partial charge on any atom is -0.354 e. The Balaban J connectivity index is 2.06. The van der Waals surface area contributed by atoms with Gasteiger partial charge < -0.3 is 5.32 Å². The predicted molar refractivity (Wildman–Crippen MR) is 107 cm³/mol. The summed E-state index contributed by atoms with van der Waals surface area (Å²) < 4.78 is 13.3. The van der Waals surface area contributed by atoms with E-state index in [9.17, 15) is 19.2 Å². The highest BCUT2D eigenvalue weighted by molar-refractivity contribution is 8.05. The van der Waals surface area contributed by atoms with E-state index in [4.69, 9.17) is 0 Å². The third kappa shape index (κ3) is 3.78. The number of nitrogens with zero attached hydrogens (tertiary/aromatic N) is 2. The number of benzene rings is 2. The molecule has 7 heteroatoms. The molecule has 2 aromatic carbocycles. The fraction of sp³-hybridized carbons (Fsp3) is 0.190. The maximum Gasteiger partial charge on any atom is 0.264 e. The van der Waals surface area contributed by atoms with Gasteiger partial charge in [0.15, 0.2) is 0 Å². The van der Waals surface area contributed by atoms with Crippen LogP contribution in [0.3, 0.4) is 0 Å². The lowest BCUT2D eigenvalue weighted by Crippen LogP contribution is -2.31. The Hall–Kier alpha value is -3.11. The summed E-state index contributed by atoms with van der Waals surface area (Å²) in [6.45, 7) is 1.97. The van der Waals surface area contributed by atoms with E-state index >= 15 is 0 Å². The van der Waals surface area contributed by atoms with Gasteiger partial charge >= 0.3 is 0 Å². The number of anilines is 1. The van der Waals surface area contributed by atoms with Crippen LogP contribution in [0.1, 0.15) is 11.1 Å². The lowest BCUT2D eigenvalue weighted by Gasteiger charge is -2.18. The number of rotatable bonds is 4. The lowest BCUT2D eigenvalue weighted by atomic mass is 10.0. The van der Waals surface area contributed by atoms with E-state index in [1.54, 1.807) is 0 Å². The number of carbonyl (C=O) groups excluding carboxylic acids is 2. The molecule has 0 spiro atoms. The molecule has 0 saturated carbocycles. The van der Waals surface area contributed by atoms with Gasteiger partial charge in [0.25, 0.3) is 5.91 Å². The van der Waals surface area contributed by atoms with Gasteiger partial charge in [-0.05, 0) is 48.7 Å². The van der Waals surface area contributed by atoms with Crippen LogP contribution in [0.4, 0.5) is 10.1 Å². The molecule has 5 nitrogen and oxygen atoms in total. The number of nitrogens with one attached hydrogen (secondary N) is 1. The van der Waals surface area contributed by atoms with Crippen LogP contribution in [0.5, 0.6) is 0 Å². The SMILES string of the molecule is CNC(=O)/C(C#N)=C1\S[C@H](Cc2ccccc2C)C(=O)N1c1ccc(F)cc1. The summed E-state index contributed by atoms with van der Waals surface area (Å²) in [6, 6.07) is 15.1. The first kappa shape index (κ1) is 19.6. The number of nitriles is 1. The van der Waals surface area contributed by atoms with Crippen LogP contribution < -0.4 is 10.2 Å². The van der Waals surface area contributed by atoms with Crippen molar-refractivity contribution in [3.05, 3.63) is 76.1 Å². The molecule has 0 unspecified atom stereocenters. The van der Waals surface area contributed by atoms with Crippen LogP contribution in [0.2, 0.25) is 0 Å². The van der Waals surface area contributed by atoms with Crippen LogP contribution in [-0.2, 0) is 16.0 Å². The van der Waals surface area contributed by atoms with Crippen molar-refractivity contribution < 1.29 is 14.0 Å². The molecule has 1 heterocycles. The highest BCUT2D eigenvalue weighted by atomic mass is 32.2. The Morgan fingerprint density at radius 2 is 1.93 bits per heavy atom. The van der Waals surface area contributed by atoms with Crippen molar-refractivity contribution in [1.82, 2.24) is 5.32 Å². The lowest BCUT2D eigenvalue weighted by molar-refractivity contribution is -0.117. The first-order chi connectivity index (χ1) is 13.5. The van der Waals surface area contributed by atoms with Crippen molar-refractivity contribution in [3.63, 3.8) is 0 Å². The highest BCUT2D eigenvalue weighted by Crippen LogP contribution is 2.42. The van der Waals surface area contributed by atoms with Crippen molar-refractivity contribution in [2.75, 3.05) is 11.9 Å². The molecule has 1 aliphatic heterocycles. The summed E-state index contributed by atoms with van der Waals surface area (Å²) in [7, 11) is 1.43. The number of halogens is 1. The maximum atomic E-state index is 13.3. The van der Waals surface area contributed by atoms with Gasteiger partial charge in [-0.2, -0.15) is 5.26 Å². The fourth-order valence-corrected chi connectivity index (χ4v) is 4.27. The zero-order chi connectivity index (χ0) is 20.3. The van der Waals surface area contributed by atoms with E-state index in [0.29, 0.717) is 12.1 Å². The highest BCUT2D eigenvalue weighted by Gasteiger charge is 2.40. The van der Waals surface area contributed by atoms with E-state index in [1.165, 1.54) is 48.0 Å². The van der Waals surface area contributed by atoms with Crippen LogP contribution in [0.25, 0.3) is 0 Å². The fourth-order valence-electron chi connectivity index (χ4n) is 2.98. The molecule has 1 N–H and O–H groups in total. The van der Waals surface area contributed by atoms with Gasteiger partial charge in [-0.3, -0.25) is 14.5 Å². The Kier molecular flexibility index (Phi) is 5.81. The smallest absolute Gasteiger partial charge is 0.264 e. The van der Waals surface area contributed by atoms with Crippen LogP contribution in [0, 0.1) is 24.1 Å². The molecule has 1 fully saturated rings. The summed E-state index contributed by atoms with van der Waals surface area (Å²) in [5.74, 6) is -1.25. The van der Waals surface area contributed by atoms with Gasteiger partial charge in [0.2, 0.25) is 5.91 Å².